The molecule has 0 saturated carbocycles. The van der Waals surface area contributed by atoms with Crippen LogP contribution in [-0.4, -0.2) is 11.1 Å². The molecule has 1 heterocycles. The highest BCUT2D eigenvalue weighted by Crippen LogP contribution is 2.09. The fourth-order valence-electron chi connectivity index (χ4n) is 0.784. The van der Waals surface area contributed by atoms with E-state index in [2.05, 4.69) is 15.9 Å². The second-order valence-electron chi connectivity index (χ2n) is 2.18. The van der Waals surface area contributed by atoms with E-state index >= 15 is 0 Å². The van der Waals surface area contributed by atoms with Crippen molar-refractivity contribution in [3.05, 3.63) is 23.7 Å². The van der Waals surface area contributed by atoms with Gasteiger partial charge in [-0.1, -0.05) is 22.9 Å². The molecule has 0 N–H and O–H groups in total. The SMILES string of the molecule is CCc1ccc(C(=O)CBr)o1. The van der Waals surface area contributed by atoms with Gasteiger partial charge in [0, 0.05) is 6.42 Å². The quantitative estimate of drug-likeness (QED) is 0.574. The Hall–Kier alpha value is -0.570. The molecule has 0 fully saturated rings. The Morgan fingerprint density at radius 2 is 2.36 bits per heavy atom. The topological polar surface area (TPSA) is 30.2 Å². The third kappa shape index (κ3) is 1.93. The number of carbonyl (C=O) groups excluding carboxylic acids is 1. The molecule has 0 aromatic carbocycles. The van der Waals surface area contributed by atoms with Crippen LogP contribution in [0.1, 0.15) is 23.2 Å². The van der Waals surface area contributed by atoms with Gasteiger partial charge >= 0.3 is 0 Å². The minimum atomic E-state index is -0.00954. The van der Waals surface area contributed by atoms with E-state index in [1.54, 1.807) is 6.07 Å². The molecule has 3 heteroatoms. The lowest BCUT2D eigenvalue weighted by Gasteiger charge is -1.89. The van der Waals surface area contributed by atoms with Crippen LogP contribution in [0.3, 0.4) is 0 Å². The lowest BCUT2D eigenvalue weighted by molar-refractivity contribution is 0.0992. The van der Waals surface area contributed by atoms with Gasteiger partial charge in [0.25, 0.3) is 0 Å². The van der Waals surface area contributed by atoms with Gasteiger partial charge in [-0.05, 0) is 12.1 Å². The van der Waals surface area contributed by atoms with E-state index in [-0.39, 0.29) is 5.78 Å². The highest BCUT2D eigenvalue weighted by atomic mass is 79.9. The van der Waals surface area contributed by atoms with Gasteiger partial charge in [0.05, 0.1) is 5.33 Å². The van der Waals surface area contributed by atoms with Crippen molar-refractivity contribution in [1.82, 2.24) is 0 Å². The van der Waals surface area contributed by atoms with Crippen LogP contribution < -0.4 is 0 Å². The molecule has 0 radical (unpaired) electrons. The van der Waals surface area contributed by atoms with Crippen molar-refractivity contribution in [3.63, 3.8) is 0 Å². The van der Waals surface area contributed by atoms with Crippen LogP contribution in [0.25, 0.3) is 0 Å². The van der Waals surface area contributed by atoms with Crippen molar-refractivity contribution < 1.29 is 9.21 Å². The molecule has 0 aliphatic carbocycles. The monoisotopic (exact) mass is 216 g/mol. The van der Waals surface area contributed by atoms with Crippen molar-refractivity contribution in [2.45, 2.75) is 13.3 Å². The highest BCUT2D eigenvalue weighted by Gasteiger charge is 2.07. The molecular weight excluding hydrogens is 208 g/mol. The maximum atomic E-state index is 11.0. The van der Waals surface area contributed by atoms with Crippen LogP contribution in [0.15, 0.2) is 16.5 Å². The number of furan rings is 1. The van der Waals surface area contributed by atoms with Crippen LogP contribution in [-0.2, 0) is 6.42 Å². The minimum absolute atomic E-state index is 0.00954. The van der Waals surface area contributed by atoms with E-state index < -0.39 is 0 Å². The Labute approximate surface area is 73.7 Å². The Morgan fingerprint density at radius 3 is 2.82 bits per heavy atom. The van der Waals surface area contributed by atoms with Crippen LogP contribution in [0.4, 0.5) is 0 Å². The largest absolute Gasteiger partial charge is 0.458 e. The maximum Gasteiger partial charge on any atom is 0.208 e. The summed E-state index contributed by atoms with van der Waals surface area (Å²) in [6.07, 6.45) is 0.829. The van der Waals surface area contributed by atoms with E-state index in [1.165, 1.54) is 0 Å². The van der Waals surface area contributed by atoms with Crippen LogP contribution in [0.5, 0.6) is 0 Å². The molecule has 0 unspecified atom stereocenters. The zero-order valence-electron chi connectivity index (χ0n) is 6.26. The summed E-state index contributed by atoms with van der Waals surface area (Å²) >= 11 is 3.07. The minimum Gasteiger partial charge on any atom is -0.458 e. The second kappa shape index (κ2) is 3.72. The molecule has 0 atom stereocenters. The van der Waals surface area contributed by atoms with E-state index in [0.29, 0.717) is 11.1 Å². The number of ketones is 1. The first-order chi connectivity index (χ1) is 5.27. The molecule has 0 amide bonds. The summed E-state index contributed by atoms with van der Waals surface area (Å²) in [5.74, 6) is 1.29. The van der Waals surface area contributed by atoms with Crippen LogP contribution in [0.2, 0.25) is 0 Å². The lowest BCUT2D eigenvalue weighted by atomic mass is 10.3. The fourth-order valence-corrected chi connectivity index (χ4v) is 1.06. The number of rotatable bonds is 3. The van der Waals surface area contributed by atoms with Gasteiger partial charge < -0.3 is 4.42 Å². The third-order valence-electron chi connectivity index (χ3n) is 1.41. The standard InChI is InChI=1S/C8H9BrO2/c1-2-6-3-4-8(11-6)7(10)5-9/h3-4H,2,5H2,1H3. The van der Waals surface area contributed by atoms with Gasteiger partial charge in [-0.2, -0.15) is 0 Å². The number of hydrogen-bond donors (Lipinski definition) is 0. The molecule has 1 aromatic heterocycles. The zero-order valence-corrected chi connectivity index (χ0v) is 7.85. The Kier molecular flexibility index (Phi) is 2.88. The van der Waals surface area contributed by atoms with Crippen LogP contribution in [0, 0.1) is 0 Å². The molecule has 0 saturated heterocycles. The van der Waals surface area contributed by atoms with Gasteiger partial charge in [-0.25, -0.2) is 0 Å². The predicted octanol–water partition coefficient (Wildman–Crippen LogP) is 2.42. The Balaban J connectivity index is 2.80. The van der Waals surface area contributed by atoms with Crippen molar-refractivity contribution in [1.29, 1.82) is 0 Å². The number of hydrogen-bond acceptors (Lipinski definition) is 2. The summed E-state index contributed by atoms with van der Waals surface area (Å²) in [6.45, 7) is 1.99. The molecule has 0 aliphatic heterocycles. The molecule has 0 aliphatic rings. The number of halogens is 1. The number of Topliss-reactive ketones (excluding diaryl/α,β-unsaturated/α-hetero) is 1. The van der Waals surface area contributed by atoms with E-state index in [9.17, 15) is 4.79 Å². The summed E-state index contributed by atoms with van der Waals surface area (Å²) in [4.78, 5) is 11.0. The fraction of sp³-hybridized carbons (Fsp3) is 0.375. The lowest BCUT2D eigenvalue weighted by Crippen LogP contribution is -1.96. The summed E-state index contributed by atoms with van der Waals surface area (Å²) in [5.41, 5.74) is 0. The number of carbonyl (C=O) groups is 1. The number of alkyl halides is 1. The zero-order chi connectivity index (χ0) is 8.27. The summed E-state index contributed by atoms with van der Waals surface area (Å²) in [6, 6.07) is 3.54. The normalized spacial score (nSPS) is 10.0. The van der Waals surface area contributed by atoms with Gasteiger partial charge in [0.1, 0.15) is 5.76 Å². The van der Waals surface area contributed by atoms with E-state index in [4.69, 9.17) is 4.42 Å². The average molecular weight is 217 g/mol. The predicted molar refractivity (Wildman–Crippen MR) is 46.2 cm³/mol. The number of aryl methyl sites for hydroxylation is 1. The van der Waals surface area contributed by atoms with Crippen molar-refractivity contribution in [3.8, 4) is 0 Å². The van der Waals surface area contributed by atoms with Crippen molar-refractivity contribution in [2.24, 2.45) is 0 Å². The molecule has 60 valence electrons. The highest BCUT2D eigenvalue weighted by molar-refractivity contribution is 9.09. The third-order valence-corrected chi connectivity index (χ3v) is 1.92. The molecule has 0 bridgehead atoms. The van der Waals surface area contributed by atoms with Crippen molar-refractivity contribution in [2.75, 3.05) is 5.33 Å². The second-order valence-corrected chi connectivity index (χ2v) is 2.74. The van der Waals surface area contributed by atoms with Gasteiger partial charge in [-0.15, -0.1) is 0 Å². The molecule has 0 spiro atoms. The maximum absolute atomic E-state index is 11.0. The molecule has 1 aromatic rings. The molecule has 11 heavy (non-hydrogen) atoms. The smallest absolute Gasteiger partial charge is 0.208 e. The summed E-state index contributed by atoms with van der Waals surface area (Å²) in [5, 5.41) is 0.323. The van der Waals surface area contributed by atoms with E-state index in [0.717, 1.165) is 12.2 Å². The first kappa shape index (κ1) is 8.53. The van der Waals surface area contributed by atoms with Gasteiger partial charge in [0.15, 0.2) is 5.76 Å². The van der Waals surface area contributed by atoms with Gasteiger partial charge in [-0.3, -0.25) is 4.79 Å². The van der Waals surface area contributed by atoms with Gasteiger partial charge in [0.2, 0.25) is 5.78 Å². The summed E-state index contributed by atoms with van der Waals surface area (Å²) < 4.78 is 5.21. The molecule has 1 rings (SSSR count). The Bertz CT molecular complexity index is 252. The van der Waals surface area contributed by atoms with Crippen molar-refractivity contribution >= 4 is 21.7 Å². The van der Waals surface area contributed by atoms with Crippen LogP contribution >= 0.6 is 15.9 Å². The Morgan fingerprint density at radius 1 is 1.64 bits per heavy atom. The van der Waals surface area contributed by atoms with E-state index in [1.807, 2.05) is 13.0 Å². The molecular formula is C8H9BrO2. The molecule has 2 nitrogen and oxygen atoms in total. The summed E-state index contributed by atoms with van der Waals surface area (Å²) in [7, 11) is 0. The first-order valence-electron chi connectivity index (χ1n) is 3.45. The average Bonchev–Trinajstić information content (AvgIpc) is 2.50. The first-order valence-corrected chi connectivity index (χ1v) is 4.58.